The topological polar surface area (TPSA) is 55.1 Å². The molecule has 3 nitrogen and oxygen atoms in total. The highest BCUT2D eigenvalue weighted by Gasteiger charge is 2.06. The number of carbonyl (C=O) groups excluding carboxylic acids is 1. The summed E-state index contributed by atoms with van der Waals surface area (Å²) in [5.41, 5.74) is 5.94. The molecule has 0 aliphatic carbocycles. The lowest BCUT2D eigenvalue weighted by Crippen LogP contribution is -2.23. The second-order valence-corrected chi connectivity index (χ2v) is 3.87. The maximum absolute atomic E-state index is 11.5. The molecule has 0 atom stereocenters. The molecule has 0 unspecified atom stereocenters. The van der Waals surface area contributed by atoms with E-state index in [1.807, 2.05) is 12.3 Å². The summed E-state index contributed by atoms with van der Waals surface area (Å²) >= 11 is 1.46. The van der Waals surface area contributed by atoms with E-state index in [9.17, 15) is 4.79 Å². The lowest BCUT2D eigenvalue weighted by molar-refractivity contribution is 0.0954. The van der Waals surface area contributed by atoms with Crippen molar-refractivity contribution < 1.29 is 4.79 Å². The summed E-state index contributed by atoms with van der Waals surface area (Å²) in [5, 5.41) is 4.62. The Morgan fingerprint density at radius 1 is 1.67 bits per heavy atom. The standard InChI is InChI=1S/C11H14N2OS/c1-2-6-13-11(14)9-7-10(15-8-9)4-3-5-12/h7-8H,2,5-6,12H2,1H3,(H,13,14). The van der Waals surface area contributed by atoms with Crippen LogP contribution in [0.1, 0.15) is 28.6 Å². The van der Waals surface area contributed by atoms with Gasteiger partial charge in [-0.2, -0.15) is 0 Å². The van der Waals surface area contributed by atoms with Crippen LogP contribution in [0.4, 0.5) is 0 Å². The van der Waals surface area contributed by atoms with Gasteiger partial charge in [-0.05, 0) is 12.5 Å². The first-order valence-corrected chi connectivity index (χ1v) is 5.71. The number of hydrogen-bond acceptors (Lipinski definition) is 3. The molecule has 3 N–H and O–H groups in total. The summed E-state index contributed by atoms with van der Waals surface area (Å²) in [6, 6.07) is 1.79. The molecule has 0 aliphatic heterocycles. The van der Waals surface area contributed by atoms with E-state index in [2.05, 4.69) is 17.2 Å². The molecule has 1 aromatic heterocycles. The predicted octanol–water partition coefficient (Wildman–Crippen LogP) is 1.20. The number of thiophene rings is 1. The Hall–Kier alpha value is -1.31. The molecule has 0 aliphatic rings. The third-order valence-electron chi connectivity index (χ3n) is 1.71. The van der Waals surface area contributed by atoms with Crippen molar-refractivity contribution in [3.05, 3.63) is 21.9 Å². The molecule has 0 aromatic carbocycles. The fraction of sp³-hybridized carbons (Fsp3) is 0.364. The van der Waals surface area contributed by atoms with Gasteiger partial charge >= 0.3 is 0 Å². The number of nitrogens with one attached hydrogen (secondary N) is 1. The Kier molecular flexibility index (Phi) is 4.88. The average Bonchev–Trinajstić information content (AvgIpc) is 2.71. The monoisotopic (exact) mass is 222 g/mol. The molecule has 0 spiro atoms. The van der Waals surface area contributed by atoms with E-state index in [1.165, 1.54) is 11.3 Å². The van der Waals surface area contributed by atoms with Crippen molar-refractivity contribution in [2.45, 2.75) is 13.3 Å². The lowest BCUT2D eigenvalue weighted by atomic mass is 10.3. The van der Waals surface area contributed by atoms with Crippen molar-refractivity contribution in [3.8, 4) is 11.8 Å². The molecule has 15 heavy (non-hydrogen) atoms. The first-order valence-electron chi connectivity index (χ1n) is 4.83. The highest BCUT2D eigenvalue weighted by molar-refractivity contribution is 7.10. The van der Waals surface area contributed by atoms with Gasteiger partial charge in [0.15, 0.2) is 0 Å². The third kappa shape index (κ3) is 3.74. The first kappa shape index (κ1) is 11.8. The van der Waals surface area contributed by atoms with Crippen LogP contribution < -0.4 is 11.1 Å². The Morgan fingerprint density at radius 3 is 3.13 bits per heavy atom. The van der Waals surface area contributed by atoms with Crippen molar-refractivity contribution in [2.75, 3.05) is 13.1 Å². The maximum atomic E-state index is 11.5. The molecule has 0 radical (unpaired) electrons. The molecule has 1 aromatic rings. The van der Waals surface area contributed by atoms with E-state index in [0.29, 0.717) is 18.7 Å². The molecule has 0 bridgehead atoms. The van der Waals surface area contributed by atoms with Gasteiger partial charge in [-0.1, -0.05) is 18.8 Å². The summed E-state index contributed by atoms with van der Waals surface area (Å²) < 4.78 is 0. The molecular weight excluding hydrogens is 208 g/mol. The Balaban J connectivity index is 2.63. The van der Waals surface area contributed by atoms with Crippen molar-refractivity contribution in [1.29, 1.82) is 0 Å². The minimum atomic E-state index is -0.0334. The van der Waals surface area contributed by atoms with Gasteiger partial charge < -0.3 is 11.1 Å². The van der Waals surface area contributed by atoms with Crippen LogP contribution in [0.5, 0.6) is 0 Å². The molecule has 1 amide bonds. The van der Waals surface area contributed by atoms with Gasteiger partial charge in [-0.25, -0.2) is 0 Å². The van der Waals surface area contributed by atoms with Crippen LogP contribution in [-0.2, 0) is 0 Å². The van der Waals surface area contributed by atoms with Gasteiger partial charge in [0.05, 0.1) is 17.0 Å². The van der Waals surface area contributed by atoms with Crippen molar-refractivity contribution >= 4 is 17.2 Å². The first-order chi connectivity index (χ1) is 7.27. The largest absolute Gasteiger partial charge is 0.352 e. The van der Waals surface area contributed by atoms with Crippen LogP contribution in [0.15, 0.2) is 11.4 Å². The van der Waals surface area contributed by atoms with E-state index in [1.54, 1.807) is 6.07 Å². The zero-order valence-electron chi connectivity index (χ0n) is 8.67. The predicted molar refractivity (Wildman–Crippen MR) is 62.9 cm³/mol. The van der Waals surface area contributed by atoms with Gasteiger partial charge in [0.2, 0.25) is 0 Å². The minimum absolute atomic E-state index is 0.0334. The van der Waals surface area contributed by atoms with E-state index in [-0.39, 0.29) is 5.91 Å². The minimum Gasteiger partial charge on any atom is -0.352 e. The van der Waals surface area contributed by atoms with Crippen LogP contribution >= 0.6 is 11.3 Å². The van der Waals surface area contributed by atoms with Gasteiger partial charge in [0.25, 0.3) is 5.91 Å². The molecule has 0 fully saturated rings. The summed E-state index contributed by atoms with van der Waals surface area (Å²) in [4.78, 5) is 12.4. The molecule has 0 saturated heterocycles. The van der Waals surface area contributed by atoms with Gasteiger partial charge in [0, 0.05) is 11.9 Å². The number of nitrogens with two attached hydrogens (primary N) is 1. The Bertz CT molecular complexity index is 387. The van der Waals surface area contributed by atoms with Crippen molar-refractivity contribution in [1.82, 2.24) is 5.32 Å². The summed E-state index contributed by atoms with van der Waals surface area (Å²) in [6.45, 7) is 3.07. The third-order valence-corrected chi connectivity index (χ3v) is 2.56. The second kappa shape index (κ2) is 6.23. The molecular formula is C11H14N2OS. The maximum Gasteiger partial charge on any atom is 0.252 e. The van der Waals surface area contributed by atoms with Crippen LogP contribution in [0.3, 0.4) is 0 Å². The van der Waals surface area contributed by atoms with E-state index in [0.717, 1.165) is 11.3 Å². The van der Waals surface area contributed by atoms with Crippen LogP contribution in [0.2, 0.25) is 0 Å². The molecule has 4 heteroatoms. The Morgan fingerprint density at radius 2 is 2.47 bits per heavy atom. The fourth-order valence-electron chi connectivity index (χ4n) is 1.000. The van der Waals surface area contributed by atoms with E-state index < -0.39 is 0 Å². The lowest BCUT2D eigenvalue weighted by Gasteiger charge is -1.99. The van der Waals surface area contributed by atoms with Crippen molar-refractivity contribution in [2.24, 2.45) is 5.73 Å². The molecule has 80 valence electrons. The van der Waals surface area contributed by atoms with Crippen LogP contribution in [0.25, 0.3) is 0 Å². The number of carbonyl (C=O) groups is 1. The fourth-order valence-corrected chi connectivity index (χ4v) is 1.75. The Labute approximate surface area is 93.7 Å². The quantitative estimate of drug-likeness (QED) is 0.755. The normalized spacial score (nSPS) is 9.20. The summed E-state index contributed by atoms with van der Waals surface area (Å²) in [6.07, 6.45) is 0.940. The van der Waals surface area contributed by atoms with Crippen LogP contribution in [-0.4, -0.2) is 19.0 Å². The zero-order chi connectivity index (χ0) is 11.1. The molecule has 1 rings (SSSR count). The summed E-state index contributed by atoms with van der Waals surface area (Å²) in [7, 11) is 0. The number of rotatable bonds is 3. The van der Waals surface area contributed by atoms with Gasteiger partial charge in [-0.15, -0.1) is 11.3 Å². The molecule has 1 heterocycles. The SMILES string of the molecule is CCCNC(=O)c1csc(C#CCN)c1. The smallest absolute Gasteiger partial charge is 0.252 e. The van der Waals surface area contributed by atoms with E-state index >= 15 is 0 Å². The van der Waals surface area contributed by atoms with Crippen molar-refractivity contribution in [3.63, 3.8) is 0 Å². The number of hydrogen-bond donors (Lipinski definition) is 2. The highest BCUT2D eigenvalue weighted by atomic mass is 32.1. The van der Waals surface area contributed by atoms with Crippen LogP contribution in [0, 0.1) is 11.8 Å². The molecule has 0 saturated carbocycles. The highest BCUT2D eigenvalue weighted by Crippen LogP contribution is 2.13. The van der Waals surface area contributed by atoms with Gasteiger partial charge in [-0.3, -0.25) is 4.79 Å². The second-order valence-electron chi connectivity index (χ2n) is 2.96. The average molecular weight is 222 g/mol. The number of amides is 1. The van der Waals surface area contributed by atoms with Gasteiger partial charge in [0.1, 0.15) is 0 Å². The van der Waals surface area contributed by atoms with E-state index in [4.69, 9.17) is 5.73 Å². The zero-order valence-corrected chi connectivity index (χ0v) is 9.49. The summed E-state index contributed by atoms with van der Waals surface area (Å²) in [5.74, 6) is 5.62.